The lowest BCUT2D eigenvalue weighted by Gasteiger charge is -2.19. The van der Waals surface area contributed by atoms with E-state index in [1.54, 1.807) is 0 Å². The third-order valence-corrected chi connectivity index (χ3v) is 4.43. The van der Waals surface area contributed by atoms with E-state index in [9.17, 15) is 9.32 Å². The largest absolute Gasteiger partial charge is 0.388 e. The molecule has 0 aliphatic carbocycles. The minimum atomic E-state index is -1.28. The van der Waals surface area contributed by atoms with Crippen molar-refractivity contribution in [3.05, 3.63) is 35.9 Å². The fourth-order valence-electron chi connectivity index (χ4n) is 1.61. The molecule has 2 atom stereocenters. The van der Waals surface area contributed by atoms with Crippen LogP contribution in [0.2, 0.25) is 0 Å². The second-order valence-electron chi connectivity index (χ2n) is 6.23. The molecule has 0 saturated heterocycles. The molecule has 0 amide bonds. The molecule has 0 bridgehead atoms. The molecule has 0 aliphatic heterocycles. The van der Waals surface area contributed by atoms with Crippen LogP contribution >= 0.6 is 0 Å². The number of benzene rings is 1. The maximum absolute atomic E-state index is 12.1. The van der Waals surface area contributed by atoms with Gasteiger partial charge in [0.25, 0.3) is 0 Å². The van der Waals surface area contributed by atoms with Crippen molar-refractivity contribution < 1.29 is 9.32 Å². The Morgan fingerprint density at radius 2 is 1.80 bits per heavy atom. The van der Waals surface area contributed by atoms with Crippen LogP contribution in [0.25, 0.3) is 0 Å². The van der Waals surface area contributed by atoms with Gasteiger partial charge in [0.2, 0.25) is 0 Å². The van der Waals surface area contributed by atoms with Crippen LogP contribution in [-0.2, 0) is 11.0 Å². The van der Waals surface area contributed by atoms with Gasteiger partial charge in [-0.1, -0.05) is 44.2 Å². The Kier molecular flexibility index (Phi) is 6.08. The summed E-state index contributed by atoms with van der Waals surface area (Å²) in [5.74, 6) is 0.166. The second kappa shape index (κ2) is 7.14. The topological polar surface area (TPSA) is 49.7 Å². The molecule has 3 nitrogen and oxygen atoms in total. The van der Waals surface area contributed by atoms with E-state index in [-0.39, 0.29) is 10.7 Å². The fourth-order valence-corrected chi connectivity index (χ4v) is 2.39. The smallest absolute Gasteiger partial charge is 0.144 e. The number of aliphatic hydroxyl groups excluding tert-OH is 1. The maximum atomic E-state index is 12.1. The van der Waals surface area contributed by atoms with E-state index in [1.165, 1.54) is 0 Å². The lowest BCUT2D eigenvalue weighted by Crippen LogP contribution is -2.23. The summed E-state index contributed by atoms with van der Waals surface area (Å²) >= 11 is 0. The minimum absolute atomic E-state index is 0.166. The SMILES string of the molecule is CC(C)/C(C[C@H](O)c1ccccc1)=N\S(=O)C(C)(C)C. The highest BCUT2D eigenvalue weighted by Crippen LogP contribution is 2.21. The van der Waals surface area contributed by atoms with Gasteiger partial charge in [0.1, 0.15) is 11.0 Å². The lowest BCUT2D eigenvalue weighted by atomic mass is 9.98. The van der Waals surface area contributed by atoms with Gasteiger partial charge in [-0.15, -0.1) is 0 Å². The summed E-state index contributed by atoms with van der Waals surface area (Å²) in [5, 5.41) is 10.3. The van der Waals surface area contributed by atoms with Crippen LogP contribution in [0.4, 0.5) is 0 Å². The zero-order valence-corrected chi connectivity index (χ0v) is 13.8. The van der Waals surface area contributed by atoms with Crippen LogP contribution in [0.5, 0.6) is 0 Å². The van der Waals surface area contributed by atoms with Crippen molar-refractivity contribution in [1.29, 1.82) is 0 Å². The van der Waals surface area contributed by atoms with Crippen LogP contribution in [0, 0.1) is 5.92 Å². The summed E-state index contributed by atoms with van der Waals surface area (Å²) in [7, 11) is -1.28. The van der Waals surface area contributed by atoms with Crippen molar-refractivity contribution in [2.75, 3.05) is 0 Å². The van der Waals surface area contributed by atoms with Crippen LogP contribution in [0.3, 0.4) is 0 Å². The van der Waals surface area contributed by atoms with Gasteiger partial charge in [-0.25, -0.2) is 4.21 Å². The third kappa shape index (κ3) is 5.17. The molecule has 1 aromatic rings. The Labute approximate surface area is 124 Å². The van der Waals surface area contributed by atoms with Crippen molar-refractivity contribution in [3.8, 4) is 0 Å². The molecule has 1 aromatic carbocycles. The molecule has 4 heteroatoms. The quantitative estimate of drug-likeness (QED) is 0.843. The first kappa shape index (κ1) is 17.1. The number of rotatable bonds is 5. The van der Waals surface area contributed by atoms with E-state index in [0.717, 1.165) is 11.3 Å². The van der Waals surface area contributed by atoms with E-state index < -0.39 is 17.1 Å². The molecule has 1 rings (SSSR count). The Hall–Kier alpha value is -1.00. The molecule has 0 spiro atoms. The van der Waals surface area contributed by atoms with Crippen LogP contribution in [-0.4, -0.2) is 19.8 Å². The molecule has 0 saturated carbocycles. The summed E-state index contributed by atoms with van der Waals surface area (Å²) in [6.07, 6.45) is -0.182. The van der Waals surface area contributed by atoms with E-state index in [1.807, 2.05) is 65.0 Å². The maximum Gasteiger partial charge on any atom is 0.144 e. The minimum Gasteiger partial charge on any atom is -0.388 e. The summed E-state index contributed by atoms with van der Waals surface area (Å²) < 4.78 is 16.1. The zero-order valence-electron chi connectivity index (χ0n) is 13.0. The number of hydrogen-bond donors (Lipinski definition) is 1. The molecule has 1 N–H and O–H groups in total. The second-order valence-corrected chi connectivity index (χ2v) is 8.14. The van der Waals surface area contributed by atoms with Crippen molar-refractivity contribution in [2.45, 2.75) is 51.9 Å². The summed E-state index contributed by atoms with van der Waals surface area (Å²) in [4.78, 5) is 0. The number of hydrogen-bond acceptors (Lipinski definition) is 2. The van der Waals surface area contributed by atoms with Gasteiger partial charge in [0, 0.05) is 12.1 Å². The van der Waals surface area contributed by atoms with Crippen LogP contribution in [0.1, 0.15) is 52.7 Å². The first-order valence-corrected chi connectivity index (χ1v) is 8.05. The van der Waals surface area contributed by atoms with E-state index in [4.69, 9.17) is 0 Å². The van der Waals surface area contributed by atoms with Gasteiger partial charge >= 0.3 is 0 Å². The monoisotopic (exact) mass is 295 g/mol. The van der Waals surface area contributed by atoms with E-state index in [0.29, 0.717) is 6.42 Å². The molecule has 112 valence electrons. The molecule has 0 aliphatic rings. The number of aliphatic hydroxyl groups is 1. The molecule has 0 radical (unpaired) electrons. The van der Waals surface area contributed by atoms with Gasteiger partial charge in [-0.05, 0) is 32.3 Å². The highest BCUT2D eigenvalue weighted by molar-refractivity contribution is 7.85. The molecule has 0 aromatic heterocycles. The highest BCUT2D eigenvalue weighted by atomic mass is 32.2. The fraction of sp³-hybridized carbons (Fsp3) is 0.562. The number of nitrogens with zero attached hydrogens (tertiary/aromatic N) is 1. The van der Waals surface area contributed by atoms with Gasteiger partial charge in [-0.2, -0.15) is 4.40 Å². The normalized spacial score (nSPS) is 16.2. The van der Waals surface area contributed by atoms with Crippen molar-refractivity contribution in [3.63, 3.8) is 0 Å². The first-order valence-electron chi connectivity index (χ1n) is 6.94. The van der Waals surface area contributed by atoms with Crippen molar-refractivity contribution in [2.24, 2.45) is 10.3 Å². The molecule has 20 heavy (non-hydrogen) atoms. The summed E-state index contributed by atoms with van der Waals surface area (Å²) in [5.41, 5.74) is 1.66. The molecule has 0 fully saturated rings. The van der Waals surface area contributed by atoms with E-state index >= 15 is 0 Å². The van der Waals surface area contributed by atoms with Crippen LogP contribution in [0.15, 0.2) is 34.7 Å². The van der Waals surface area contributed by atoms with Crippen molar-refractivity contribution >= 4 is 16.7 Å². The predicted octanol–water partition coefficient (Wildman–Crippen LogP) is 3.67. The lowest BCUT2D eigenvalue weighted by molar-refractivity contribution is 0.185. The van der Waals surface area contributed by atoms with E-state index in [2.05, 4.69) is 4.40 Å². The Balaban J connectivity index is 2.89. The molecule has 0 heterocycles. The molecular formula is C16H25NO2S. The average Bonchev–Trinajstić information content (AvgIpc) is 2.37. The predicted molar refractivity (Wildman–Crippen MR) is 86.2 cm³/mol. The average molecular weight is 295 g/mol. The zero-order chi connectivity index (χ0) is 15.3. The van der Waals surface area contributed by atoms with Crippen molar-refractivity contribution in [1.82, 2.24) is 0 Å². The summed E-state index contributed by atoms with van der Waals surface area (Å²) in [6.45, 7) is 9.72. The molecular weight excluding hydrogens is 270 g/mol. The summed E-state index contributed by atoms with van der Waals surface area (Å²) in [6, 6.07) is 9.51. The Bertz CT molecular complexity index is 475. The van der Waals surface area contributed by atoms with Gasteiger partial charge in [-0.3, -0.25) is 0 Å². The first-order chi connectivity index (χ1) is 9.21. The van der Waals surface area contributed by atoms with Crippen LogP contribution < -0.4 is 0 Å². The van der Waals surface area contributed by atoms with Gasteiger partial charge < -0.3 is 5.11 Å². The highest BCUT2D eigenvalue weighted by Gasteiger charge is 2.22. The van der Waals surface area contributed by atoms with Gasteiger partial charge in [0.15, 0.2) is 0 Å². The third-order valence-electron chi connectivity index (χ3n) is 2.98. The Morgan fingerprint density at radius 3 is 2.25 bits per heavy atom. The van der Waals surface area contributed by atoms with Gasteiger partial charge in [0.05, 0.1) is 10.9 Å². The molecule has 1 unspecified atom stereocenters. The Morgan fingerprint density at radius 1 is 1.25 bits per heavy atom. The standard InChI is InChI=1S/C16H25NO2S/c1-12(2)14(17-20(19)16(3,4)5)11-15(18)13-9-7-6-8-10-13/h6-10,12,15,18H,11H2,1-5H3/b17-14-/t15-,20?/m0/s1.